The number of nitrogens with zero attached hydrogens (tertiary/aromatic N) is 3. The third-order valence-corrected chi connectivity index (χ3v) is 3.24. The average molecular weight is 276 g/mol. The largest absolute Gasteiger partial charge is 0.447 e. The highest BCUT2D eigenvalue weighted by atomic mass is 16.3. The van der Waals surface area contributed by atoms with Crippen molar-refractivity contribution in [3.05, 3.63) is 35.3 Å². The second kappa shape index (κ2) is 5.11. The van der Waals surface area contributed by atoms with Gasteiger partial charge in [0.25, 0.3) is 5.91 Å². The molecule has 2 rings (SSSR count). The van der Waals surface area contributed by atoms with E-state index in [-0.39, 0.29) is 11.3 Å². The van der Waals surface area contributed by atoms with E-state index >= 15 is 0 Å². The van der Waals surface area contributed by atoms with Crippen LogP contribution < -0.4 is 5.32 Å². The second-order valence-corrected chi connectivity index (χ2v) is 5.84. The number of aromatic nitrogens is 3. The molecule has 0 aliphatic carbocycles. The molecule has 2 aromatic rings. The fourth-order valence-electron chi connectivity index (χ4n) is 1.92. The molecule has 0 unspecified atom stereocenters. The fourth-order valence-corrected chi connectivity index (χ4v) is 1.92. The summed E-state index contributed by atoms with van der Waals surface area (Å²) >= 11 is 0. The number of hydrogen-bond donors (Lipinski definition) is 1. The van der Waals surface area contributed by atoms with Crippen molar-refractivity contribution in [2.45, 2.75) is 39.7 Å². The summed E-state index contributed by atoms with van der Waals surface area (Å²) in [6, 6.07) is 0. The van der Waals surface area contributed by atoms with Crippen molar-refractivity contribution in [3.63, 3.8) is 0 Å². The lowest BCUT2D eigenvalue weighted by molar-refractivity contribution is 0.0942. The Bertz CT molecular complexity index is 619. The fraction of sp³-hybridized carbons (Fsp3) is 0.500. The van der Waals surface area contributed by atoms with Crippen LogP contribution in [-0.4, -0.2) is 20.7 Å². The molecule has 0 atom stereocenters. The maximum Gasteiger partial charge on any atom is 0.273 e. The van der Waals surface area contributed by atoms with Gasteiger partial charge in [-0.15, -0.1) is 0 Å². The molecule has 20 heavy (non-hydrogen) atoms. The van der Waals surface area contributed by atoms with Crippen LogP contribution in [0.1, 0.15) is 48.3 Å². The molecule has 0 bridgehead atoms. The number of nitrogens with one attached hydrogen (secondary N) is 1. The number of amides is 1. The van der Waals surface area contributed by atoms with Gasteiger partial charge in [-0.1, -0.05) is 20.8 Å². The van der Waals surface area contributed by atoms with Gasteiger partial charge in [0.1, 0.15) is 5.76 Å². The first-order valence-corrected chi connectivity index (χ1v) is 6.50. The summed E-state index contributed by atoms with van der Waals surface area (Å²) in [5, 5.41) is 7.00. The smallest absolute Gasteiger partial charge is 0.273 e. The first kappa shape index (κ1) is 14.3. The van der Waals surface area contributed by atoms with E-state index in [4.69, 9.17) is 4.42 Å². The van der Waals surface area contributed by atoms with Crippen LogP contribution in [0.25, 0.3) is 0 Å². The molecule has 0 saturated carbocycles. The zero-order valence-electron chi connectivity index (χ0n) is 12.5. The average Bonchev–Trinajstić information content (AvgIpc) is 2.96. The van der Waals surface area contributed by atoms with Gasteiger partial charge < -0.3 is 9.73 Å². The molecule has 6 heteroatoms. The first-order valence-electron chi connectivity index (χ1n) is 6.50. The van der Waals surface area contributed by atoms with Gasteiger partial charge >= 0.3 is 0 Å². The van der Waals surface area contributed by atoms with E-state index in [2.05, 4.69) is 15.4 Å². The zero-order chi connectivity index (χ0) is 14.9. The van der Waals surface area contributed by atoms with E-state index in [1.807, 2.05) is 34.7 Å². The van der Waals surface area contributed by atoms with Crippen LogP contribution >= 0.6 is 0 Å². The minimum atomic E-state index is -0.257. The van der Waals surface area contributed by atoms with Crippen LogP contribution in [0.15, 0.2) is 17.0 Å². The SMILES string of the molecule is Cc1c(CNC(=O)c2ncoc2C(C)(C)C)cnn1C. The summed E-state index contributed by atoms with van der Waals surface area (Å²) in [6.07, 6.45) is 3.06. The number of oxazole rings is 1. The third-order valence-electron chi connectivity index (χ3n) is 3.24. The zero-order valence-corrected chi connectivity index (χ0v) is 12.5. The van der Waals surface area contributed by atoms with Crippen LogP contribution in [0.4, 0.5) is 0 Å². The molecule has 0 saturated heterocycles. The molecule has 0 aromatic carbocycles. The molecule has 6 nitrogen and oxygen atoms in total. The quantitative estimate of drug-likeness (QED) is 0.930. The van der Waals surface area contributed by atoms with Gasteiger partial charge in [0, 0.05) is 30.3 Å². The minimum Gasteiger partial charge on any atom is -0.447 e. The highest BCUT2D eigenvalue weighted by molar-refractivity contribution is 5.93. The monoisotopic (exact) mass is 276 g/mol. The Balaban J connectivity index is 2.10. The highest BCUT2D eigenvalue weighted by Gasteiger charge is 2.26. The van der Waals surface area contributed by atoms with Crippen LogP contribution in [0.3, 0.4) is 0 Å². The van der Waals surface area contributed by atoms with Crippen molar-refractivity contribution < 1.29 is 9.21 Å². The van der Waals surface area contributed by atoms with E-state index < -0.39 is 0 Å². The van der Waals surface area contributed by atoms with Gasteiger partial charge in [0.05, 0.1) is 6.20 Å². The van der Waals surface area contributed by atoms with Gasteiger partial charge in [-0.2, -0.15) is 5.10 Å². The van der Waals surface area contributed by atoms with Crippen molar-refractivity contribution in [1.29, 1.82) is 0 Å². The summed E-state index contributed by atoms with van der Waals surface area (Å²) in [6.45, 7) is 8.33. The molecule has 108 valence electrons. The summed E-state index contributed by atoms with van der Waals surface area (Å²) < 4.78 is 7.12. The van der Waals surface area contributed by atoms with Gasteiger partial charge in [0.2, 0.25) is 0 Å². The lowest BCUT2D eigenvalue weighted by Gasteiger charge is -2.15. The van der Waals surface area contributed by atoms with Crippen molar-refractivity contribution in [2.75, 3.05) is 0 Å². The molecule has 1 N–H and O–H groups in total. The first-order chi connectivity index (χ1) is 9.30. The summed E-state index contributed by atoms with van der Waals surface area (Å²) in [5.74, 6) is 0.366. The number of hydrogen-bond acceptors (Lipinski definition) is 4. The number of rotatable bonds is 3. The Morgan fingerprint density at radius 2 is 2.15 bits per heavy atom. The topological polar surface area (TPSA) is 73.0 Å². The second-order valence-electron chi connectivity index (χ2n) is 5.84. The normalized spacial score (nSPS) is 11.7. The number of carbonyl (C=O) groups excluding carboxylic acids is 1. The predicted molar refractivity (Wildman–Crippen MR) is 74.3 cm³/mol. The molecule has 0 aliphatic rings. The lowest BCUT2D eigenvalue weighted by Crippen LogP contribution is -2.26. The van der Waals surface area contributed by atoms with E-state index in [0.29, 0.717) is 18.0 Å². The molecule has 1 amide bonds. The maximum atomic E-state index is 12.2. The Hall–Kier alpha value is -2.11. The van der Waals surface area contributed by atoms with Crippen LogP contribution in [0.2, 0.25) is 0 Å². The van der Waals surface area contributed by atoms with Crippen molar-refractivity contribution in [1.82, 2.24) is 20.1 Å². The van der Waals surface area contributed by atoms with E-state index in [1.165, 1.54) is 6.39 Å². The third kappa shape index (κ3) is 2.74. The summed E-state index contributed by atoms with van der Waals surface area (Å²) in [7, 11) is 1.87. The van der Waals surface area contributed by atoms with Gasteiger partial charge in [-0.25, -0.2) is 4.98 Å². The van der Waals surface area contributed by atoms with Crippen LogP contribution in [0, 0.1) is 6.92 Å². The number of carbonyl (C=O) groups is 1. The Labute approximate surface area is 118 Å². The minimum absolute atomic E-state index is 0.230. The van der Waals surface area contributed by atoms with Crippen molar-refractivity contribution in [2.24, 2.45) is 7.05 Å². The molecule has 2 heterocycles. The molecule has 0 aliphatic heterocycles. The molecule has 2 aromatic heterocycles. The van der Waals surface area contributed by atoms with E-state index in [1.54, 1.807) is 10.9 Å². The van der Waals surface area contributed by atoms with E-state index in [9.17, 15) is 4.79 Å². The van der Waals surface area contributed by atoms with Gasteiger partial charge in [-0.3, -0.25) is 9.48 Å². The standard InChI is InChI=1S/C14H20N4O2/c1-9-10(7-17-18(9)5)6-15-13(19)11-12(14(2,3)4)20-8-16-11/h7-8H,6H2,1-5H3,(H,15,19). The van der Waals surface area contributed by atoms with Crippen LogP contribution in [0.5, 0.6) is 0 Å². The Morgan fingerprint density at radius 1 is 1.45 bits per heavy atom. The Morgan fingerprint density at radius 3 is 2.70 bits per heavy atom. The molecular weight excluding hydrogens is 256 g/mol. The summed E-state index contributed by atoms with van der Waals surface area (Å²) in [5.41, 5.74) is 2.11. The number of aryl methyl sites for hydroxylation is 1. The molecule has 0 spiro atoms. The van der Waals surface area contributed by atoms with Crippen LogP contribution in [-0.2, 0) is 19.0 Å². The highest BCUT2D eigenvalue weighted by Crippen LogP contribution is 2.25. The summed E-state index contributed by atoms with van der Waals surface area (Å²) in [4.78, 5) is 16.2. The van der Waals surface area contributed by atoms with Gasteiger partial charge in [0.15, 0.2) is 12.1 Å². The molecule has 0 radical (unpaired) electrons. The van der Waals surface area contributed by atoms with E-state index in [0.717, 1.165) is 11.3 Å². The van der Waals surface area contributed by atoms with Crippen molar-refractivity contribution in [3.8, 4) is 0 Å². The molecular formula is C14H20N4O2. The van der Waals surface area contributed by atoms with Crippen molar-refractivity contribution >= 4 is 5.91 Å². The maximum absolute atomic E-state index is 12.2. The lowest BCUT2D eigenvalue weighted by atomic mass is 9.91. The Kier molecular flexibility index (Phi) is 3.65. The predicted octanol–water partition coefficient (Wildman–Crippen LogP) is 1.94. The van der Waals surface area contributed by atoms with Gasteiger partial charge in [-0.05, 0) is 6.92 Å². The molecule has 0 fully saturated rings.